The van der Waals surface area contributed by atoms with Gasteiger partial charge in [-0.2, -0.15) is 0 Å². The first-order valence-corrected chi connectivity index (χ1v) is 8.48. The Labute approximate surface area is 128 Å². The van der Waals surface area contributed by atoms with Crippen molar-refractivity contribution < 1.29 is 27.4 Å². The molecule has 0 amide bonds. The molecule has 0 saturated carbocycles. The second-order valence-electron chi connectivity index (χ2n) is 4.36. The minimum atomic E-state index is -3.94. The summed E-state index contributed by atoms with van der Waals surface area (Å²) in [6.45, 7) is 4.02. The van der Waals surface area contributed by atoms with E-state index in [0.717, 1.165) is 6.07 Å². The van der Waals surface area contributed by atoms with Crippen LogP contribution in [0.1, 0.15) is 24.2 Å². The monoisotopic (exact) mass is 336 g/mol. The zero-order chi connectivity index (χ0) is 16.0. The summed E-state index contributed by atoms with van der Waals surface area (Å²) in [4.78, 5) is 11.8. The summed E-state index contributed by atoms with van der Waals surface area (Å²) in [5, 5.41) is 0. The molecule has 0 atom stereocenters. The predicted octanol–water partition coefficient (Wildman–Crippen LogP) is 2.20. The van der Waals surface area contributed by atoms with Crippen molar-refractivity contribution in [3.05, 3.63) is 23.8 Å². The van der Waals surface area contributed by atoms with Crippen LogP contribution in [-0.2, 0) is 18.5 Å². The van der Waals surface area contributed by atoms with E-state index < -0.39 is 15.0 Å². The SMILES string of the molecule is COc1ccc(S(=O)(=O)Cl)cc1C(=O)OCCOC(C)C. The predicted molar refractivity (Wildman–Crippen MR) is 77.4 cm³/mol. The summed E-state index contributed by atoms with van der Waals surface area (Å²) in [5.41, 5.74) is -0.0104. The number of methoxy groups -OCH3 is 1. The van der Waals surface area contributed by atoms with E-state index in [2.05, 4.69) is 0 Å². The number of halogens is 1. The largest absolute Gasteiger partial charge is 0.496 e. The van der Waals surface area contributed by atoms with Crippen LogP contribution in [0, 0.1) is 0 Å². The Balaban J connectivity index is 2.86. The van der Waals surface area contributed by atoms with E-state index in [4.69, 9.17) is 24.9 Å². The number of carbonyl (C=O) groups excluding carboxylic acids is 1. The third-order valence-corrected chi connectivity index (χ3v) is 3.79. The van der Waals surface area contributed by atoms with Crippen molar-refractivity contribution in [1.82, 2.24) is 0 Å². The molecule has 6 nitrogen and oxygen atoms in total. The first-order chi connectivity index (χ1) is 9.75. The van der Waals surface area contributed by atoms with Crippen molar-refractivity contribution in [3.8, 4) is 5.75 Å². The summed E-state index contributed by atoms with van der Waals surface area (Å²) in [7, 11) is 2.68. The Morgan fingerprint density at radius 1 is 1.29 bits per heavy atom. The number of hydrogen-bond acceptors (Lipinski definition) is 6. The summed E-state index contributed by atoms with van der Waals surface area (Å²) in [6.07, 6.45) is 0.0305. The molecule has 0 radical (unpaired) electrons. The van der Waals surface area contributed by atoms with Gasteiger partial charge in [0.25, 0.3) is 9.05 Å². The van der Waals surface area contributed by atoms with E-state index in [9.17, 15) is 13.2 Å². The summed E-state index contributed by atoms with van der Waals surface area (Å²) >= 11 is 0. The van der Waals surface area contributed by atoms with Crippen LogP contribution >= 0.6 is 10.7 Å². The van der Waals surface area contributed by atoms with Gasteiger partial charge in [0.15, 0.2) is 0 Å². The Morgan fingerprint density at radius 2 is 1.95 bits per heavy atom. The Morgan fingerprint density at radius 3 is 2.48 bits per heavy atom. The van der Waals surface area contributed by atoms with E-state index in [1.165, 1.54) is 19.2 Å². The van der Waals surface area contributed by atoms with E-state index in [1.54, 1.807) is 0 Å². The van der Waals surface area contributed by atoms with Crippen molar-refractivity contribution in [2.75, 3.05) is 20.3 Å². The molecular weight excluding hydrogens is 320 g/mol. The number of ether oxygens (including phenoxy) is 3. The van der Waals surface area contributed by atoms with Gasteiger partial charge in [-0.1, -0.05) is 0 Å². The number of esters is 1. The molecule has 0 heterocycles. The summed E-state index contributed by atoms with van der Waals surface area (Å²) in [5.74, 6) is -0.504. The molecule has 8 heteroatoms. The lowest BCUT2D eigenvalue weighted by Gasteiger charge is -2.11. The molecule has 0 aliphatic heterocycles. The highest BCUT2D eigenvalue weighted by atomic mass is 35.7. The van der Waals surface area contributed by atoms with E-state index in [1.807, 2.05) is 13.8 Å². The van der Waals surface area contributed by atoms with Crippen LogP contribution in [-0.4, -0.2) is 40.8 Å². The first-order valence-electron chi connectivity index (χ1n) is 6.17. The van der Waals surface area contributed by atoms with Crippen LogP contribution in [0.2, 0.25) is 0 Å². The Hall–Kier alpha value is -1.31. The second-order valence-corrected chi connectivity index (χ2v) is 6.92. The lowest BCUT2D eigenvalue weighted by molar-refractivity contribution is 0.0174. The molecule has 0 saturated heterocycles. The molecule has 0 aliphatic carbocycles. The molecule has 1 aromatic rings. The van der Waals surface area contributed by atoms with Crippen molar-refractivity contribution in [2.45, 2.75) is 24.8 Å². The highest BCUT2D eigenvalue weighted by molar-refractivity contribution is 8.13. The van der Waals surface area contributed by atoms with Gasteiger partial charge in [-0.3, -0.25) is 0 Å². The fourth-order valence-corrected chi connectivity index (χ4v) is 2.27. The van der Waals surface area contributed by atoms with Gasteiger partial charge in [0.1, 0.15) is 17.9 Å². The normalized spacial score (nSPS) is 11.5. The molecule has 21 heavy (non-hydrogen) atoms. The van der Waals surface area contributed by atoms with Crippen LogP contribution in [0.4, 0.5) is 0 Å². The maximum absolute atomic E-state index is 12.0. The fourth-order valence-electron chi connectivity index (χ4n) is 1.49. The minimum Gasteiger partial charge on any atom is -0.496 e. The van der Waals surface area contributed by atoms with E-state index in [0.29, 0.717) is 0 Å². The van der Waals surface area contributed by atoms with Crippen LogP contribution in [0.25, 0.3) is 0 Å². The number of hydrogen-bond donors (Lipinski definition) is 0. The first kappa shape index (κ1) is 17.7. The third-order valence-electron chi connectivity index (χ3n) is 2.44. The zero-order valence-electron chi connectivity index (χ0n) is 12.0. The highest BCUT2D eigenvalue weighted by Crippen LogP contribution is 2.25. The highest BCUT2D eigenvalue weighted by Gasteiger charge is 2.19. The van der Waals surface area contributed by atoms with Crippen molar-refractivity contribution in [3.63, 3.8) is 0 Å². The van der Waals surface area contributed by atoms with Crippen LogP contribution in [0.3, 0.4) is 0 Å². The number of benzene rings is 1. The molecule has 0 bridgehead atoms. The van der Waals surface area contributed by atoms with Gasteiger partial charge in [-0.25, -0.2) is 13.2 Å². The summed E-state index contributed by atoms with van der Waals surface area (Å²) in [6, 6.07) is 3.71. The Kier molecular flexibility index (Phi) is 6.44. The van der Waals surface area contributed by atoms with Gasteiger partial charge in [-0.15, -0.1) is 0 Å². The minimum absolute atomic E-state index is 0.0104. The average Bonchev–Trinajstić information content (AvgIpc) is 2.41. The molecule has 0 unspecified atom stereocenters. The molecule has 0 aliphatic rings. The second kappa shape index (κ2) is 7.63. The molecule has 0 N–H and O–H groups in total. The quantitative estimate of drug-likeness (QED) is 0.431. The van der Waals surface area contributed by atoms with Crippen LogP contribution < -0.4 is 4.74 Å². The topological polar surface area (TPSA) is 78.9 Å². The molecular formula is C13H17ClO6S. The Bertz CT molecular complexity index is 597. The van der Waals surface area contributed by atoms with E-state index >= 15 is 0 Å². The fraction of sp³-hybridized carbons (Fsp3) is 0.462. The summed E-state index contributed by atoms with van der Waals surface area (Å²) < 4.78 is 37.8. The smallest absolute Gasteiger partial charge is 0.342 e. The van der Waals surface area contributed by atoms with Crippen LogP contribution in [0.5, 0.6) is 5.75 Å². The van der Waals surface area contributed by atoms with Gasteiger partial charge in [0.05, 0.1) is 24.7 Å². The maximum atomic E-state index is 12.0. The van der Waals surface area contributed by atoms with Crippen molar-refractivity contribution in [1.29, 1.82) is 0 Å². The van der Waals surface area contributed by atoms with E-state index in [-0.39, 0.29) is 35.5 Å². The van der Waals surface area contributed by atoms with Crippen molar-refractivity contribution in [2.24, 2.45) is 0 Å². The van der Waals surface area contributed by atoms with Gasteiger partial charge in [0.2, 0.25) is 0 Å². The zero-order valence-corrected chi connectivity index (χ0v) is 13.5. The van der Waals surface area contributed by atoms with Gasteiger partial charge in [0, 0.05) is 10.7 Å². The average molecular weight is 337 g/mol. The lowest BCUT2D eigenvalue weighted by Crippen LogP contribution is -2.14. The molecule has 0 aromatic heterocycles. The van der Waals surface area contributed by atoms with Gasteiger partial charge < -0.3 is 14.2 Å². The van der Waals surface area contributed by atoms with Crippen molar-refractivity contribution >= 4 is 25.7 Å². The molecule has 0 fully saturated rings. The standard InChI is InChI=1S/C13H17ClO6S/c1-9(2)19-6-7-20-13(15)11-8-10(21(14,16)17)4-5-12(11)18-3/h4-5,8-9H,6-7H2,1-3H3. The van der Waals surface area contributed by atoms with Gasteiger partial charge in [-0.05, 0) is 32.0 Å². The lowest BCUT2D eigenvalue weighted by atomic mass is 10.2. The molecule has 0 spiro atoms. The molecule has 118 valence electrons. The van der Waals surface area contributed by atoms with Crippen LogP contribution in [0.15, 0.2) is 23.1 Å². The molecule has 1 aromatic carbocycles. The maximum Gasteiger partial charge on any atom is 0.342 e. The van der Waals surface area contributed by atoms with Gasteiger partial charge >= 0.3 is 5.97 Å². The molecule has 1 rings (SSSR count). The number of carbonyl (C=O) groups is 1. The number of rotatable bonds is 7. The third kappa shape index (κ3) is 5.53.